The average Bonchev–Trinajstić information content (AvgIpc) is 2.81. The van der Waals surface area contributed by atoms with Gasteiger partial charge in [-0.05, 0) is 38.1 Å². The summed E-state index contributed by atoms with van der Waals surface area (Å²) in [7, 11) is 0. The van der Waals surface area contributed by atoms with Gasteiger partial charge in [0.15, 0.2) is 0 Å². The van der Waals surface area contributed by atoms with Gasteiger partial charge >= 0.3 is 0 Å². The van der Waals surface area contributed by atoms with Crippen LogP contribution in [0.25, 0.3) is 11.3 Å². The summed E-state index contributed by atoms with van der Waals surface area (Å²) in [5.41, 5.74) is 2.27. The molecule has 3 aromatic rings. The van der Waals surface area contributed by atoms with Crippen LogP contribution in [0.2, 0.25) is 0 Å². The zero-order valence-electron chi connectivity index (χ0n) is 18.4. The fourth-order valence-corrected chi connectivity index (χ4v) is 3.50. The van der Waals surface area contributed by atoms with Gasteiger partial charge in [0.2, 0.25) is 5.95 Å². The molecule has 1 aliphatic rings. The second-order valence-electron chi connectivity index (χ2n) is 7.24. The predicted octanol–water partition coefficient (Wildman–Crippen LogP) is 4.23. The lowest BCUT2D eigenvalue weighted by atomic mass is 10.1. The van der Waals surface area contributed by atoms with Crippen molar-refractivity contribution in [2.45, 2.75) is 13.8 Å². The van der Waals surface area contributed by atoms with Crippen LogP contribution < -0.4 is 19.7 Å². The Labute approximate surface area is 187 Å². The van der Waals surface area contributed by atoms with Crippen molar-refractivity contribution in [1.29, 1.82) is 0 Å². The highest BCUT2D eigenvalue weighted by Crippen LogP contribution is 2.33. The minimum atomic E-state index is 0.187. The van der Waals surface area contributed by atoms with Crippen LogP contribution in [0.4, 0.5) is 17.5 Å². The molecule has 1 aromatic heterocycles. The SMILES string of the molecule is CCOc1ccc(OCC)c(Nc2cc(-c3cccc(O)c3)nc(N3CCOCC3)n2)c1. The molecule has 0 amide bonds. The topological polar surface area (TPSA) is 89.0 Å². The Balaban J connectivity index is 1.74. The fourth-order valence-electron chi connectivity index (χ4n) is 3.50. The fraction of sp³-hybridized carbons (Fsp3) is 0.333. The summed E-state index contributed by atoms with van der Waals surface area (Å²) in [6, 6.07) is 14.6. The Morgan fingerprint density at radius 2 is 1.81 bits per heavy atom. The van der Waals surface area contributed by atoms with E-state index in [1.54, 1.807) is 18.2 Å². The van der Waals surface area contributed by atoms with Crippen molar-refractivity contribution in [3.8, 4) is 28.5 Å². The summed E-state index contributed by atoms with van der Waals surface area (Å²) >= 11 is 0. The summed E-state index contributed by atoms with van der Waals surface area (Å²) in [4.78, 5) is 11.6. The van der Waals surface area contributed by atoms with Crippen LogP contribution in [0.3, 0.4) is 0 Å². The molecule has 8 nitrogen and oxygen atoms in total. The first kappa shape index (κ1) is 21.7. The van der Waals surface area contributed by atoms with E-state index in [-0.39, 0.29) is 5.75 Å². The smallest absolute Gasteiger partial charge is 0.228 e. The van der Waals surface area contributed by atoms with Crippen molar-refractivity contribution in [2.75, 3.05) is 49.7 Å². The molecule has 0 bridgehead atoms. The highest BCUT2D eigenvalue weighted by Gasteiger charge is 2.17. The van der Waals surface area contributed by atoms with Gasteiger partial charge in [0.25, 0.3) is 0 Å². The second-order valence-corrected chi connectivity index (χ2v) is 7.24. The lowest BCUT2D eigenvalue weighted by molar-refractivity contribution is 0.122. The summed E-state index contributed by atoms with van der Waals surface area (Å²) in [6.45, 7) is 7.70. The third-order valence-corrected chi connectivity index (χ3v) is 4.97. The normalized spacial score (nSPS) is 13.6. The maximum atomic E-state index is 9.96. The maximum Gasteiger partial charge on any atom is 0.228 e. The molecule has 1 fully saturated rings. The summed E-state index contributed by atoms with van der Waals surface area (Å²) < 4.78 is 16.9. The largest absolute Gasteiger partial charge is 0.508 e. The van der Waals surface area contributed by atoms with E-state index in [1.807, 2.05) is 44.2 Å². The Kier molecular flexibility index (Phi) is 6.91. The molecule has 168 valence electrons. The minimum absolute atomic E-state index is 0.187. The number of anilines is 3. The van der Waals surface area contributed by atoms with Gasteiger partial charge in [0.1, 0.15) is 23.1 Å². The third kappa shape index (κ3) is 5.20. The zero-order chi connectivity index (χ0) is 22.3. The van der Waals surface area contributed by atoms with Gasteiger partial charge in [-0.15, -0.1) is 0 Å². The van der Waals surface area contributed by atoms with Crippen LogP contribution in [-0.2, 0) is 4.74 Å². The molecule has 32 heavy (non-hydrogen) atoms. The van der Waals surface area contributed by atoms with E-state index in [0.29, 0.717) is 62.7 Å². The van der Waals surface area contributed by atoms with Crippen LogP contribution in [-0.4, -0.2) is 54.6 Å². The van der Waals surface area contributed by atoms with Crippen LogP contribution >= 0.6 is 0 Å². The lowest BCUT2D eigenvalue weighted by Crippen LogP contribution is -2.37. The first-order valence-electron chi connectivity index (χ1n) is 10.8. The van der Waals surface area contributed by atoms with Crippen molar-refractivity contribution in [3.05, 3.63) is 48.5 Å². The molecule has 0 unspecified atom stereocenters. The number of hydrogen-bond acceptors (Lipinski definition) is 8. The number of rotatable bonds is 8. The van der Waals surface area contributed by atoms with Gasteiger partial charge in [-0.3, -0.25) is 0 Å². The van der Waals surface area contributed by atoms with Gasteiger partial charge in [-0.25, -0.2) is 4.98 Å². The van der Waals surface area contributed by atoms with Crippen LogP contribution in [0.5, 0.6) is 17.2 Å². The number of morpholine rings is 1. The van der Waals surface area contributed by atoms with E-state index in [4.69, 9.17) is 24.2 Å². The first-order valence-corrected chi connectivity index (χ1v) is 10.8. The van der Waals surface area contributed by atoms with Crippen molar-refractivity contribution in [1.82, 2.24) is 9.97 Å². The molecule has 0 aliphatic carbocycles. The van der Waals surface area contributed by atoms with E-state index in [2.05, 4.69) is 10.2 Å². The number of phenols is 1. The van der Waals surface area contributed by atoms with E-state index >= 15 is 0 Å². The Morgan fingerprint density at radius 1 is 1.00 bits per heavy atom. The molecule has 0 spiro atoms. The van der Waals surface area contributed by atoms with Gasteiger partial charge in [-0.1, -0.05) is 12.1 Å². The highest BCUT2D eigenvalue weighted by molar-refractivity contribution is 5.71. The molecule has 0 saturated carbocycles. The predicted molar refractivity (Wildman–Crippen MR) is 124 cm³/mol. The number of hydrogen-bond donors (Lipinski definition) is 2. The monoisotopic (exact) mass is 436 g/mol. The number of benzene rings is 2. The van der Waals surface area contributed by atoms with Gasteiger partial charge in [-0.2, -0.15) is 4.98 Å². The second kappa shape index (κ2) is 10.2. The molecular formula is C24H28N4O4. The third-order valence-electron chi connectivity index (χ3n) is 4.97. The van der Waals surface area contributed by atoms with Gasteiger partial charge in [0.05, 0.1) is 37.8 Å². The molecule has 2 aromatic carbocycles. The van der Waals surface area contributed by atoms with E-state index < -0.39 is 0 Å². The molecular weight excluding hydrogens is 408 g/mol. The number of aromatic hydroxyl groups is 1. The minimum Gasteiger partial charge on any atom is -0.508 e. The van der Waals surface area contributed by atoms with Crippen molar-refractivity contribution < 1.29 is 19.3 Å². The van der Waals surface area contributed by atoms with Crippen LogP contribution in [0.15, 0.2) is 48.5 Å². The van der Waals surface area contributed by atoms with Crippen molar-refractivity contribution in [2.24, 2.45) is 0 Å². The molecule has 2 heterocycles. The maximum absolute atomic E-state index is 9.96. The molecule has 4 rings (SSSR count). The Hall–Kier alpha value is -3.52. The zero-order valence-corrected chi connectivity index (χ0v) is 18.4. The Bertz CT molecular complexity index is 1050. The molecule has 2 N–H and O–H groups in total. The van der Waals surface area contributed by atoms with Crippen molar-refractivity contribution >= 4 is 17.5 Å². The summed E-state index contributed by atoms with van der Waals surface area (Å²) in [5.74, 6) is 2.87. The summed E-state index contributed by atoms with van der Waals surface area (Å²) in [5, 5.41) is 13.3. The van der Waals surface area contributed by atoms with E-state index in [1.165, 1.54) is 0 Å². The average molecular weight is 437 g/mol. The lowest BCUT2D eigenvalue weighted by Gasteiger charge is -2.27. The molecule has 1 saturated heterocycles. The van der Waals surface area contributed by atoms with Crippen molar-refractivity contribution in [3.63, 3.8) is 0 Å². The van der Waals surface area contributed by atoms with E-state index in [9.17, 15) is 5.11 Å². The van der Waals surface area contributed by atoms with Crippen LogP contribution in [0, 0.1) is 0 Å². The van der Waals surface area contributed by atoms with Crippen LogP contribution in [0.1, 0.15) is 13.8 Å². The summed E-state index contributed by atoms with van der Waals surface area (Å²) in [6.07, 6.45) is 0. The highest BCUT2D eigenvalue weighted by atomic mass is 16.5. The molecule has 8 heteroatoms. The van der Waals surface area contributed by atoms with E-state index in [0.717, 1.165) is 17.0 Å². The number of aromatic nitrogens is 2. The molecule has 0 atom stereocenters. The molecule has 1 aliphatic heterocycles. The quantitative estimate of drug-likeness (QED) is 0.542. The number of nitrogens with one attached hydrogen (secondary N) is 1. The number of ether oxygens (including phenoxy) is 3. The van der Waals surface area contributed by atoms with Gasteiger partial charge in [0, 0.05) is 30.8 Å². The number of phenolic OH excluding ortho intramolecular Hbond substituents is 1. The number of nitrogens with zero attached hydrogens (tertiary/aromatic N) is 3. The molecule has 0 radical (unpaired) electrons. The Morgan fingerprint density at radius 3 is 2.56 bits per heavy atom. The standard InChI is InChI=1S/C24H28N4O4/c1-3-31-19-8-9-22(32-4-2)21(15-19)25-23-16-20(17-6-5-7-18(29)14-17)26-24(27-23)28-10-12-30-13-11-28/h5-9,14-16,29H,3-4,10-13H2,1-2H3,(H,25,26,27). The first-order chi connectivity index (χ1) is 15.7. The van der Waals surface area contributed by atoms with Gasteiger partial charge < -0.3 is 29.5 Å².